The molecule has 3 aliphatic rings. The summed E-state index contributed by atoms with van der Waals surface area (Å²) in [6, 6.07) is 8.05. The third-order valence-electron chi connectivity index (χ3n) is 9.46. The van der Waals surface area contributed by atoms with E-state index in [1.165, 1.54) is 25.0 Å². The molecule has 9 heteroatoms. The molecular formula is C35H40F2N4O3. The van der Waals surface area contributed by atoms with Gasteiger partial charge in [-0.1, -0.05) is 32.8 Å². The van der Waals surface area contributed by atoms with E-state index in [0.717, 1.165) is 57.5 Å². The first-order chi connectivity index (χ1) is 21.4. The Morgan fingerprint density at radius 3 is 2.66 bits per heavy atom. The third-order valence-corrected chi connectivity index (χ3v) is 9.46. The Hall–Kier alpha value is -3.72. The zero-order valence-corrected chi connectivity index (χ0v) is 25.5. The molecule has 0 radical (unpaired) electrons. The van der Waals surface area contributed by atoms with Gasteiger partial charge >= 0.3 is 0 Å². The molecule has 0 spiro atoms. The van der Waals surface area contributed by atoms with Gasteiger partial charge in [0.25, 0.3) is 0 Å². The van der Waals surface area contributed by atoms with Crippen molar-refractivity contribution in [3.8, 4) is 28.8 Å². The highest BCUT2D eigenvalue weighted by molar-refractivity contribution is 6.04. The molecule has 2 fully saturated rings. The first-order valence-electron chi connectivity index (χ1n) is 16.1. The van der Waals surface area contributed by atoms with Crippen molar-refractivity contribution in [3.05, 3.63) is 47.5 Å². The van der Waals surface area contributed by atoms with Gasteiger partial charge in [0, 0.05) is 30.6 Å². The Morgan fingerprint density at radius 1 is 1.02 bits per heavy atom. The van der Waals surface area contributed by atoms with Crippen molar-refractivity contribution in [1.29, 1.82) is 0 Å². The molecule has 5 heterocycles. The number of nitrogens with zero attached hydrogens (tertiary/aromatic N) is 4. The molecule has 4 aromatic rings. The second-order valence-electron chi connectivity index (χ2n) is 12.7. The fraction of sp³-hybridized carbons (Fsp3) is 0.486. The van der Waals surface area contributed by atoms with Gasteiger partial charge in [0.1, 0.15) is 29.4 Å². The third kappa shape index (κ3) is 5.29. The van der Waals surface area contributed by atoms with Crippen LogP contribution in [0.2, 0.25) is 0 Å². The van der Waals surface area contributed by atoms with Crippen LogP contribution in [0, 0.1) is 17.6 Å². The van der Waals surface area contributed by atoms with Crippen LogP contribution < -0.4 is 14.4 Å². The van der Waals surface area contributed by atoms with E-state index in [9.17, 15) is 5.11 Å². The summed E-state index contributed by atoms with van der Waals surface area (Å²) in [4.78, 5) is 14.3. The van der Waals surface area contributed by atoms with Gasteiger partial charge in [-0.2, -0.15) is 0 Å². The normalized spacial score (nSPS) is 19.5. The average molecular weight is 603 g/mol. The molecule has 2 saturated heterocycles. The summed E-state index contributed by atoms with van der Waals surface area (Å²) in [5.41, 5.74) is 1.67. The average Bonchev–Trinajstić information content (AvgIpc) is 3.34. The minimum Gasteiger partial charge on any atom is -0.508 e. The van der Waals surface area contributed by atoms with Gasteiger partial charge in [-0.25, -0.2) is 18.7 Å². The van der Waals surface area contributed by atoms with Crippen molar-refractivity contribution in [2.24, 2.45) is 5.92 Å². The van der Waals surface area contributed by atoms with Crippen LogP contribution in [0.1, 0.15) is 57.9 Å². The summed E-state index contributed by atoms with van der Waals surface area (Å²) in [6.07, 6.45) is 7.10. The summed E-state index contributed by atoms with van der Waals surface area (Å²) in [7, 11) is 0. The molecule has 1 N–H and O–H groups in total. The van der Waals surface area contributed by atoms with Crippen molar-refractivity contribution in [2.75, 3.05) is 44.3 Å². The summed E-state index contributed by atoms with van der Waals surface area (Å²) in [5, 5.41) is 12.3. The van der Waals surface area contributed by atoms with E-state index in [1.807, 2.05) is 13.0 Å². The molecule has 3 aliphatic heterocycles. The lowest BCUT2D eigenvalue weighted by Gasteiger charge is -2.30. The number of halogens is 2. The summed E-state index contributed by atoms with van der Waals surface area (Å²) >= 11 is 0. The molecule has 0 bridgehead atoms. The number of aromatic hydroxyl groups is 1. The number of pyridine rings is 2. The molecule has 44 heavy (non-hydrogen) atoms. The van der Waals surface area contributed by atoms with E-state index in [0.29, 0.717) is 58.7 Å². The Morgan fingerprint density at radius 2 is 1.84 bits per heavy atom. The van der Waals surface area contributed by atoms with E-state index in [4.69, 9.17) is 19.4 Å². The number of fused-ring (bicyclic) bond motifs is 3. The largest absolute Gasteiger partial charge is 0.508 e. The van der Waals surface area contributed by atoms with Crippen LogP contribution >= 0.6 is 0 Å². The predicted octanol–water partition coefficient (Wildman–Crippen LogP) is 7.25. The smallest absolute Gasteiger partial charge is 0.225 e. The number of rotatable bonds is 7. The lowest BCUT2D eigenvalue weighted by Crippen LogP contribution is -2.38. The van der Waals surface area contributed by atoms with Crippen LogP contribution in [-0.4, -0.2) is 65.4 Å². The van der Waals surface area contributed by atoms with Crippen LogP contribution in [0.5, 0.6) is 17.5 Å². The first kappa shape index (κ1) is 29.0. The summed E-state index contributed by atoms with van der Waals surface area (Å²) in [5.74, 6) is -0.125. The van der Waals surface area contributed by atoms with Gasteiger partial charge in [-0.15, -0.1) is 0 Å². The lowest BCUT2D eigenvalue weighted by molar-refractivity contribution is 0.202. The second kappa shape index (κ2) is 12.0. The summed E-state index contributed by atoms with van der Waals surface area (Å²) in [6.45, 7) is 8.94. The van der Waals surface area contributed by atoms with E-state index in [2.05, 4.69) is 16.7 Å². The Balaban J connectivity index is 1.39. The zero-order chi connectivity index (χ0) is 30.4. The van der Waals surface area contributed by atoms with Crippen LogP contribution in [-0.2, 0) is 6.42 Å². The number of hydrogen-bond acceptors (Lipinski definition) is 7. The molecule has 7 rings (SSSR count). The van der Waals surface area contributed by atoms with Crippen molar-refractivity contribution >= 4 is 27.4 Å². The number of aryl methyl sites for hydroxylation is 1. The molecule has 0 saturated carbocycles. The number of likely N-dealkylation sites (tertiary alicyclic amines) is 1. The van der Waals surface area contributed by atoms with Crippen molar-refractivity contribution in [1.82, 2.24) is 14.9 Å². The highest BCUT2D eigenvalue weighted by Gasteiger charge is 2.32. The topological polar surface area (TPSA) is 71.0 Å². The number of benzene rings is 2. The molecule has 0 aliphatic carbocycles. The van der Waals surface area contributed by atoms with E-state index < -0.39 is 5.82 Å². The Bertz CT molecular complexity index is 1710. The van der Waals surface area contributed by atoms with Crippen molar-refractivity contribution in [2.45, 2.75) is 64.8 Å². The molecule has 2 aromatic carbocycles. The van der Waals surface area contributed by atoms with Crippen molar-refractivity contribution in [3.63, 3.8) is 0 Å². The number of phenolic OH excluding ortho intramolecular Hbond substituents is 1. The highest BCUT2D eigenvalue weighted by Crippen LogP contribution is 2.45. The van der Waals surface area contributed by atoms with Crippen molar-refractivity contribution < 1.29 is 23.4 Å². The predicted molar refractivity (Wildman–Crippen MR) is 169 cm³/mol. The quantitative estimate of drug-likeness (QED) is 0.239. The molecule has 0 amide bonds. The first-order valence-corrected chi connectivity index (χ1v) is 16.1. The van der Waals surface area contributed by atoms with Crippen LogP contribution in [0.4, 0.5) is 14.5 Å². The molecule has 2 atom stereocenters. The minimum atomic E-state index is -0.643. The molecule has 232 valence electrons. The molecular weight excluding hydrogens is 562 g/mol. The SMILES string of the molecule is CCc1c(F)ccc2cc(O)cc(-c3nc4c5c(cc(OCC(C)CN6CCCC6)nc5c3F)N3CCCCCC3CO4)c12. The van der Waals surface area contributed by atoms with E-state index >= 15 is 8.78 Å². The van der Waals surface area contributed by atoms with Gasteiger partial charge < -0.3 is 24.4 Å². The fourth-order valence-corrected chi connectivity index (χ4v) is 7.34. The van der Waals surface area contributed by atoms with Crippen LogP contribution in [0.15, 0.2) is 30.3 Å². The van der Waals surface area contributed by atoms with E-state index in [1.54, 1.807) is 12.1 Å². The number of aromatic nitrogens is 2. The standard InChI is InChI=1S/C35H40F2N4O3/c1-3-25-27(36)11-10-22-15-24(42)16-26(30(22)25)33-32(37)34-31-28(41-14-6-4-5-9-23(41)20-44-35(31)39-33)17-29(38-34)43-19-21(2)18-40-12-7-8-13-40/h10-11,15-17,21,23,42H,3-9,12-14,18-20H2,1-2H3. The fourth-order valence-electron chi connectivity index (χ4n) is 7.34. The van der Waals surface area contributed by atoms with E-state index in [-0.39, 0.29) is 34.7 Å². The summed E-state index contributed by atoms with van der Waals surface area (Å²) < 4.78 is 44.6. The molecule has 7 nitrogen and oxygen atoms in total. The maximum absolute atomic E-state index is 16.9. The molecule has 2 aromatic heterocycles. The maximum Gasteiger partial charge on any atom is 0.225 e. The van der Waals surface area contributed by atoms with Crippen LogP contribution in [0.3, 0.4) is 0 Å². The minimum absolute atomic E-state index is 0.0243. The highest BCUT2D eigenvalue weighted by atomic mass is 19.1. The lowest BCUT2D eigenvalue weighted by atomic mass is 9.94. The second-order valence-corrected chi connectivity index (χ2v) is 12.7. The maximum atomic E-state index is 16.9. The number of phenols is 1. The zero-order valence-electron chi connectivity index (χ0n) is 25.5. The Labute approximate surface area is 256 Å². The van der Waals surface area contributed by atoms with Crippen LogP contribution in [0.25, 0.3) is 32.9 Å². The number of ether oxygens (including phenoxy) is 2. The monoisotopic (exact) mass is 602 g/mol. The van der Waals surface area contributed by atoms with Gasteiger partial charge in [-0.05, 0) is 79.7 Å². The van der Waals surface area contributed by atoms with Gasteiger partial charge in [0.15, 0.2) is 5.82 Å². The van der Waals surface area contributed by atoms with Gasteiger partial charge in [0.05, 0.1) is 23.7 Å². The van der Waals surface area contributed by atoms with Gasteiger partial charge in [-0.3, -0.25) is 0 Å². The number of anilines is 1. The number of hydrogen-bond donors (Lipinski definition) is 1. The van der Waals surface area contributed by atoms with Gasteiger partial charge in [0.2, 0.25) is 11.8 Å². The molecule has 2 unspecified atom stereocenters. The Kier molecular flexibility index (Phi) is 7.91.